The molecule has 6 heteroatoms. The molecule has 0 amide bonds. The summed E-state index contributed by atoms with van der Waals surface area (Å²) < 4.78 is 36.4. The van der Waals surface area contributed by atoms with Gasteiger partial charge in [0, 0.05) is 13.6 Å². The maximum absolute atomic E-state index is 12.6. The average Bonchev–Trinajstić information content (AvgIpc) is 2.21. The molecule has 15 heavy (non-hydrogen) atoms. The quantitative estimate of drug-likeness (QED) is 0.796. The van der Waals surface area contributed by atoms with Crippen LogP contribution in [0.5, 0.6) is 0 Å². The van der Waals surface area contributed by atoms with Crippen molar-refractivity contribution in [1.29, 1.82) is 0 Å². The van der Waals surface area contributed by atoms with E-state index in [2.05, 4.69) is 15.9 Å². The molecule has 0 aliphatic carbocycles. The molecular formula is C9H11BrFNO2S. The fraction of sp³-hybridized carbons (Fsp3) is 0.333. The minimum absolute atomic E-state index is 0.113. The molecule has 0 spiro atoms. The normalized spacial score (nSPS) is 12.0. The second-order valence-corrected chi connectivity index (χ2v) is 6.48. The van der Waals surface area contributed by atoms with Crippen molar-refractivity contribution in [3.8, 4) is 0 Å². The van der Waals surface area contributed by atoms with Crippen LogP contribution in [0, 0.1) is 5.82 Å². The van der Waals surface area contributed by atoms with E-state index in [1.54, 1.807) is 12.1 Å². The predicted octanol–water partition coefficient (Wildman–Crippen LogP) is 1.94. The van der Waals surface area contributed by atoms with Gasteiger partial charge in [0.05, 0.1) is 0 Å². The van der Waals surface area contributed by atoms with Gasteiger partial charge in [-0.15, -0.1) is 0 Å². The van der Waals surface area contributed by atoms with Gasteiger partial charge < -0.3 is 0 Å². The van der Waals surface area contributed by atoms with Crippen LogP contribution in [0.25, 0.3) is 0 Å². The molecule has 84 valence electrons. The van der Waals surface area contributed by atoms with E-state index in [1.165, 1.54) is 23.5 Å². The van der Waals surface area contributed by atoms with Crippen LogP contribution in [-0.2, 0) is 16.6 Å². The summed E-state index contributed by atoms with van der Waals surface area (Å²) in [6, 6.07) is 5.75. The third-order valence-corrected chi connectivity index (χ3v) is 5.02. The number of rotatable bonds is 4. The molecule has 0 aliphatic heterocycles. The van der Waals surface area contributed by atoms with Crippen LogP contribution in [0.1, 0.15) is 5.56 Å². The van der Waals surface area contributed by atoms with E-state index in [-0.39, 0.29) is 17.0 Å². The van der Waals surface area contributed by atoms with Crippen molar-refractivity contribution in [3.05, 3.63) is 35.6 Å². The molecule has 0 radical (unpaired) electrons. The topological polar surface area (TPSA) is 37.4 Å². The fourth-order valence-electron chi connectivity index (χ4n) is 1.03. The van der Waals surface area contributed by atoms with E-state index in [0.29, 0.717) is 0 Å². The van der Waals surface area contributed by atoms with Crippen LogP contribution in [0.4, 0.5) is 4.39 Å². The molecule has 0 saturated heterocycles. The highest BCUT2D eigenvalue weighted by Gasteiger charge is 2.15. The summed E-state index contributed by atoms with van der Waals surface area (Å²) in [5, 5.41) is 0. The van der Waals surface area contributed by atoms with Gasteiger partial charge in [-0.3, -0.25) is 0 Å². The zero-order valence-corrected chi connectivity index (χ0v) is 10.6. The summed E-state index contributed by atoms with van der Waals surface area (Å²) in [6.07, 6.45) is 0. The molecule has 0 N–H and O–H groups in total. The van der Waals surface area contributed by atoms with Gasteiger partial charge in [-0.1, -0.05) is 28.1 Å². The summed E-state index contributed by atoms with van der Waals surface area (Å²) in [5.41, 5.74) is 0.753. The number of halogens is 2. The van der Waals surface area contributed by atoms with Crippen LogP contribution in [0.3, 0.4) is 0 Å². The first-order valence-electron chi connectivity index (χ1n) is 4.20. The van der Waals surface area contributed by atoms with Gasteiger partial charge in [-0.2, -0.15) is 4.31 Å². The van der Waals surface area contributed by atoms with Gasteiger partial charge in [0.1, 0.15) is 10.5 Å². The van der Waals surface area contributed by atoms with Crippen molar-refractivity contribution in [2.75, 3.05) is 11.7 Å². The summed E-state index contributed by atoms with van der Waals surface area (Å²) in [6.45, 7) is 0.244. The highest BCUT2D eigenvalue weighted by Crippen LogP contribution is 2.10. The molecule has 3 nitrogen and oxygen atoms in total. The molecular weight excluding hydrogens is 285 g/mol. The number of hydrogen-bond acceptors (Lipinski definition) is 2. The van der Waals surface area contributed by atoms with Gasteiger partial charge in [-0.25, -0.2) is 12.8 Å². The van der Waals surface area contributed by atoms with Gasteiger partial charge in [0.15, 0.2) is 0 Å². The first kappa shape index (κ1) is 12.6. The van der Waals surface area contributed by atoms with E-state index < -0.39 is 10.0 Å². The SMILES string of the molecule is CN(Cc1ccc(F)cc1)S(=O)(=O)CBr. The minimum Gasteiger partial charge on any atom is -0.211 e. The van der Waals surface area contributed by atoms with E-state index in [9.17, 15) is 12.8 Å². The lowest BCUT2D eigenvalue weighted by molar-refractivity contribution is 0.471. The Hall–Kier alpha value is -0.460. The van der Waals surface area contributed by atoms with Crippen molar-refractivity contribution in [2.45, 2.75) is 6.54 Å². The minimum atomic E-state index is -3.25. The zero-order chi connectivity index (χ0) is 11.5. The third kappa shape index (κ3) is 3.55. The summed E-state index contributed by atoms with van der Waals surface area (Å²) in [5.74, 6) is -0.329. The second-order valence-electron chi connectivity index (χ2n) is 3.10. The van der Waals surface area contributed by atoms with E-state index >= 15 is 0 Å². The molecule has 0 unspecified atom stereocenters. The van der Waals surface area contributed by atoms with Crippen LogP contribution < -0.4 is 0 Å². The number of nitrogens with zero attached hydrogens (tertiary/aromatic N) is 1. The highest BCUT2D eigenvalue weighted by atomic mass is 79.9. The van der Waals surface area contributed by atoms with E-state index in [1.807, 2.05) is 0 Å². The van der Waals surface area contributed by atoms with Crippen LogP contribution in [-0.4, -0.2) is 24.4 Å². The number of benzene rings is 1. The molecule has 0 saturated carbocycles. The monoisotopic (exact) mass is 295 g/mol. The van der Waals surface area contributed by atoms with Gasteiger partial charge in [-0.05, 0) is 17.7 Å². The molecule has 0 aliphatic rings. The predicted molar refractivity (Wildman–Crippen MR) is 60.6 cm³/mol. The average molecular weight is 296 g/mol. The van der Waals surface area contributed by atoms with Crippen molar-refractivity contribution < 1.29 is 12.8 Å². The van der Waals surface area contributed by atoms with E-state index in [0.717, 1.165) is 5.56 Å². The Morgan fingerprint density at radius 2 is 1.87 bits per heavy atom. The highest BCUT2D eigenvalue weighted by molar-refractivity contribution is 9.10. The molecule has 0 bridgehead atoms. The first-order chi connectivity index (χ1) is 6.95. The number of alkyl halides is 1. The van der Waals surface area contributed by atoms with Gasteiger partial charge in [0.25, 0.3) is 0 Å². The lowest BCUT2D eigenvalue weighted by Gasteiger charge is -2.15. The molecule has 0 fully saturated rings. The Balaban J connectivity index is 2.75. The standard InChI is InChI=1S/C9H11BrFNO2S/c1-12(15(13,14)7-10)6-8-2-4-9(11)5-3-8/h2-5H,6-7H2,1H3. The summed E-state index contributed by atoms with van der Waals surface area (Å²) in [4.78, 5) is 0. The number of sulfonamides is 1. The summed E-state index contributed by atoms with van der Waals surface area (Å²) >= 11 is 2.91. The molecule has 1 aromatic carbocycles. The van der Waals surface area contributed by atoms with Gasteiger partial charge in [0.2, 0.25) is 10.0 Å². The Kier molecular flexibility index (Phi) is 4.24. The molecule has 1 aromatic rings. The van der Waals surface area contributed by atoms with Crippen molar-refractivity contribution in [3.63, 3.8) is 0 Å². The first-order valence-corrected chi connectivity index (χ1v) is 6.93. The Morgan fingerprint density at radius 3 is 2.33 bits per heavy atom. The Morgan fingerprint density at radius 1 is 1.33 bits per heavy atom. The molecule has 0 aromatic heterocycles. The third-order valence-electron chi connectivity index (χ3n) is 1.93. The number of hydrogen-bond donors (Lipinski definition) is 0. The lowest BCUT2D eigenvalue weighted by atomic mass is 10.2. The van der Waals surface area contributed by atoms with Crippen molar-refractivity contribution in [2.24, 2.45) is 0 Å². The Bertz CT molecular complexity index is 418. The Labute approximate surface area is 97.1 Å². The second kappa shape index (κ2) is 5.05. The zero-order valence-electron chi connectivity index (χ0n) is 8.15. The molecule has 1 rings (SSSR count). The van der Waals surface area contributed by atoms with Crippen molar-refractivity contribution >= 4 is 26.0 Å². The maximum Gasteiger partial charge on any atom is 0.224 e. The van der Waals surface area contributed by atoms with E-state index in [4.69, 9.17) is 0 Å². The fourth-order valence-corrected chi connectivity index (χ4v) is 2.59. The largest absolute Gasteiger partial charge is 0.224 e. The summed E-state index contributed by atoms with van der Waals surface area (Å²) in [7, 11) is -1.76. The smallest absolute Gasteiger partial charge is 0.211 e. The molecule has 0 atom stereocenters. The van der Waals surface area contributed by atoms with Gasteiger partial charge >= 0.3 is 0 Å². The van der Waals surface area contributed by atoms with Crippen LogP contribution in [0.15, 0.2) is 24.3 Å². The van der Waals surface area contributed by atoms with Crippen LogP contribution >= 0.6 is 15.9 Å². The lowest BCUT2D eigenvalue weighted by Crippen LogP contribution is -2.26. The van der Waals surface area contributed by atoms with Crippen molar-refractivity contribution in [1.82, 2.24) is 4.31 Å². The van der Waals surface area contributed by atoms with Crippen LogP contribution in [0.2, 0.25) is 0 Å². The maximum atomic E-state index is 12.6. The molecule has 0 heterocycles.